The van der Waals surface area contributed by atoms with Gasteiger partial charge in [-0.1, -0.05) is 0 Å². The molecule has 32 heavy (non-hydrogen) atoms. The summed E-state index contributed by atoms with van der Waals surface area (Å²) in [6.07, 6.45) is 3.25. The Hall–Kier alpha value is -3.41. The second kappa shape index (κ2) is 8.26. The van der Waals surface area contributed by atoms with Crippen molar-refractivity contribution < 1.29 is 22.7 Å². The fraction of sp³-hybridized carbons (Fsp3) is 0.400. The molecule has 0 radical (unpaired) electrons. The number of fused-ring (bicyclic) bond motifs is 1. The van der Waals surface area contributed by atoms with Crippen LogP contribution in [0.15, 0.2) is 18.3 Å². The molecule has 1 unspecified atom stereocenters. The Balaban J connectivity index is 1.51. The smallest absolute Gasteiger partial charge is 0.225 e. The molecule has 0 spiro atoms. The van der Waals surface area contributed by atoms with E-state index in [-0.39, 0.29) is 23.9 Å². The molecule has 5 rings (SSSR count). The van der Waals surface area contributed by atoms with E-state index in [0.717, 1.165) is 0 Å². The number of halogens is 3. The number of aromatic nitrogens is 4. The van der Waals surface area contributed by atoms with Crippen LogP contribution in [-0.4, -0.2) is 51.2 Å². The molecule has 12 heteroatoms. The topological polar surface area (TPSA) is 106 Å². The van der Waals surface area contributed by atoms with Crippen molar-refractivity contribution in [1.29, 1.82) is 0 Å². The summed E-state index contributed by atoms with van der Waals surface area (Å²) in [4.78, 5) is 24.7. The minimum atomic E-state index is -1.07. The second-order valence-electron chi connectivity index (χ2n) is 7.78. The van der Waals surface area contributed by atoms with Crippen molar-refractivity contribution in [3.8, 4) is 0 Å². The molecular weight excluding hydrogens is 427 g/mol. The largest absolute Gasteiger partial charge is 0.379 e. The minimum Gasteiger partial charge on any atom is -0.379 e. The molecule has 0 aliphatic carbocycles. The van der Waals surface area contributed by atoms with Crippen LogP contribution in [-0.2, 0) is 9.53 Å². The number of nitrogens with one attached hydrogen (secondary N) is 3. The highest BCUT2D eigenvalue weighted by Gasteiger charge is 2.26. The Morgan fingerprint density at radius 3 is 2.66 bits per heavy atom. The van der Waals surface area contributed by atoms with E-state index in [0.29, 0.717) is 68.3 Å². The molecule has 0 saturated carbocycles. The molecular formula is C20H20F3N7O2. The monoisotopic (exact) mass is 447 g/mol. The summed E-state index contributed by atoms with van der Waals surface area (Å²) in [7, 11) is 0. The van der Waals surface area contributed by atoms with Crippen molar-refractivity contribution in [2.75, 3.05) is 30.4 Å². The molecule has 1 amide bonds. The Morgan fingerprint density at radius 1 is 1.16 bits per heavy atom. The molecule has 2 fully saturated rings. The van der Waals surface area contributed by atoms with Crippen LogP contribution in [0.3, 0.4) is 0 Å². The maximum Gasteiger partial charge on any atom is 0.225 e. The SMILES string of the molecule is O=C1CCC(Nc2ncc3nc(Nc4c(F)cc(F)cc4F)n([C@H]4CCOC4)c3n2)CN1. The summed E-state index contributed by atoms with van der Waals surface area (Å²) in [5.41, 5.74) is 0.374. The molecule has 2 aromatic heterocycles. The van der Waals surface area contributed by atoms with Gasteiger partial charge in [0.15, 0.2) is 17.3 Å². The maximum absolute atomic E-state index is 14.2. The first-order valence-corrected chi connectivity index (χ1v) is 10.3. The molecule has 9 nitrogen and oxygen atoms in total. The third-order valence-corrected chi connectivity index (χ3v) is 5.55. The van der Waals surface area contributed by atoms with Crippen molar-refractivity contribution in [1.82, 2.24) is 24.8 Å². The fourth-order valence-electron chi connectivity index (χ4n) is 3.93. The Bertz CT molecular complexity index is 1150. The predicted octanol–water partition coefficient (Wildman–Crippen LogP) is 2.64. The quantitative estimate of drug-likeness (QED) is 0.552. The van der Waals surface area contributed by atoms with Gasteiger partial charge >= 0.3 is 0 Å². The highest BCUT2D eigenvalue weighted by molar-refractivity contribution is 5.78. The number of carbonyl (C=O) groups excluding carboxylic acids is 1. The third-order valence-electron chi connectivity index (χ3n) is 5.55. The fourth-order valence-corrected chi connectivity index (χ4v) is 3.93. The molecule has 4 heterocycles. The average molecular weight is 447 g/mol. The molecule has 168 valence electrons. The third kappa shape index (κ3) is 3.93. The number of piperidine rings is 1. The van der Waals surface area contributed by atoms with Crippen molar-refractivity contribution in [2.24, 2.45) is 0 Å². The van der Waals surface area contributed by atoms with Crippen LogP contribution < -0.4 is 16.0 Å². The average Bonchev–Trinajstić information content (AvgIpc) is 3.39. The lowest BCUT2D eigenvalue weighted by Crippen LogP contribution is -2.42. The van der Waals surface area contributed by atoms with E-state index >= 15 is 0 Å². The highest BCUT2D eigenvalue weighted by Crippen LogP contribution is 2.32. The first kappa shape index (κ1) is 20.5. The van der Waals surface area contributed by atoms with Gasteiger partial charge in [0.1, 0.15) is 17.0 Å². The lowest BCUT2D eigenvalue weighted by atomic mass is 10.1. The van der Waals surface area contributed by atoms with E-state index in [9.17, 15) is 18.0 Å². The zero-order valence-corrected chi connectivity index (χ0v) is 16.9. The Kier molecular flexibility index (Phi) is 5.29. The lowest BCUT2D eigenvalue weighted by Gasteiger charge is -2.23. The number of hydrogen-bond acceptors (Lipinski definition) is 7. The van der Waals surface area contributed by atoms with Gasteiger partial charge in [-0.2, -0.15) is 4.98 Å². The second-order valence-corrected chi connectivity index (χ2v) is 7.78. The van der Waals surface area contributed by atoms with Gasteiger partial charge in [-0.25, -0.2) is 23.1 Å². The molecule has 2 aliphatic rings. The van der Waals surface area contributed by atoms with Crippen LogP contribution >= 0.6 is 0 Å². The van der Waals surface area contributed by atoms with Crippen LogP contribution in [0.5, 0.6) is 0 Å². The number of ether oxygens (including phenoxy) is 1. The van der Waals surface area contributed by atoms with E-state index in [1.54, 1.807) is 4.57 Å². The van der Waals surface area contributed by atoms with Gasteiger partial charge in [0.05, 0.1) is 18.8 Å². The van der Waals surface area contributed by atoms with Crippen LogP contribution in [0, 0.1) is 17.5 Å². The summed E-state index contributed by atoms with van der Waals surface area (Å²) >= 11 is 0. The van der Waals surface area contributed by atoms with E-state index in [1.807, 2.05) is 0 Å². The van der Waals surface area contributed by atoms with Crippen LogP contribution in [0.1, 0.15) is 25.3 Å². The van der Waals surface area contributed by atoms with Gasteiger partial charge in [-0.15, -0.1) is 0 Å². The van der Waals surface area contributed by atoms with Gasteiger partial charge in [-0.3, -0.25) is 9.36 Å². The number of carbonyl (C=O) groups is 1. The van der Waals surface area contributed by atoms with E-state index in [4.69, 9.17) is 4.74 Å². The first-order chi connectivity index (χ1) is 15.5. The van der Waals surface area contributed by atoms with Crippen molar-refractivity contribution in [2.45, 2.75) is 31.3 Å². The zero-order chi connectivity index (χ0) is 22.2. The van der Waals surface area contributed by atoms with E-state index < -0.39 is 23.1 Å². The van der Waals surface area contributed by atoms with E-state index in [1.165, 1.54) is 6.20 Å². The maximum atomic E-state index is 14.2. The summed E-state index contributed by atoms with van der Waals surface area (Å²) in [5, 5.41) is 8.65. The van der Waals surface area contributed by atoms with Crippen LogP contribution in [0.25, 0.3) is 11.2 Å². The van der Waals surface area contributed by atoms with Gasteiger partial charge < -0.3 is 20.7 Å². The van der Waals surface area contributed by atoms with Crippen LogP contribution in [0.4, 0.5) is 30.8 Å². The summed E-state index contributed by atoms with van der Waals surface area (Å²) < 4.78 is 49.0. The normalized spacial score (nSPS) is 21.0. The lowest BCUT2D eigenvalue weighted by molar-refractivity contribution is -0.122. The first-order valence-electron chi connectivity index (χ1n) is 10.3. The standard InChI is InChI=1S/C20H20F3N7O2/c21-10-5-13(22)17(14(23)6-10)28-20-27-15-8-25-19(26-11-1-2-16(31)24-7-11)29-18(15)30(20)12-3-4-32-9-12/h5-6,8,11-12H,1-4,7,9H2,(H,24,31)(H,27,28)(H,25,26,29)/t11?,12-/m0/s1. The number of amides is 1. The molecule has 2 aliphatic heterocycles. The summed E-state index contributed by atoms with van der Waals surface area (Å²) in [5.74, 6) is -2.65. The van der Waals surface area contributed by atoms with E-state index in [2.05, 4.69) is 30.9 Å². The minimum absolute atomic E-state index is 0.00899. The number of imidazole rings is 1. The summed E-state index contributed by atoms with van der Waals surface area (Å²) in [6, 6.07) is 1.02. The Morgan fingerprint density at radius 2 is 1.97 bits per heavy atom. The number of hydrogen-bond donors (Lipinski definition) is 3. The predicted molar refractivity (Wildman–Crippen MR) is 109 cm³/mol. The number of benzene rings is 1. The zero-order valence-electron chi connectivity index (χ0n) is 16.9. The molecule has 3 N–H and O–H groups in total. The molecule has 1 aromatic carbocycles. The van der Waals surface area contributed by atoms with Gasteiger partial charge in [0.2, 0.25) is 17.8 Å². The molecule has 2 atom stereocenters. The van der Waals surface area contributed by atoms with Crippen molar-refractivity contribution >= 4 is 34.7 Å². The number of nitrogens with zero attached hydrogens (tertiary/aromatic N) is 4. The number of rotatable bonds is 5. The highest BCUT2D eigenvalue weighted by atomic mass is 19.1. The number of anilines is 3. The van der Waals surface area contributed by atoms with Gasteiger partial charge in [0.25, 0.3) is 0 Å². The van der Waals surface area contributed by atoms with Crippen molar-refractivity contribution in [3.05, 3.63) is 35.8 Å². The molecule has 0 bridgehead atoms. The van der Waals surface area contributed by atoms with Gasteiger partial charge in [0, 0.05) is 37.7 Å². The van der Waals surface area contributed by atoms with Gasteiger partial charge in [-0.05, 0) is 12.8 Å². The van der Waals surface area contributed by atoms with Crippen molar-refractivity contribution in [3.63, 3.8) is 0 Å². The molecule has 3 aromatic rings. The molecule has 2 saturated heterocycles. The van der Waals surface area contributed by atoms with Crippen LogP contribution in [0.2, 0.25) is 0 Å². The summed E-state index contributed by atoms with van der Waals surface area (Å²) in [6.45, 7) is 1.38. The Labute approximate surface area is 180 Å².